The van der Waals surface area contributed by atoms with Crippen LogP contribution in [0, 0.1) is 32.1 Å². The molecule has 0 N–H and O–H groups in total. The zero-order valence-corrected chi connectivity index (χ0v) is 34.1. The molecule has 296 valence electrons. The van der Waals surface area contributed by atoms with E-state index in [1.54, 1.807) is 16.7 Å². The van der Waals surface area contributed by atoms with Gasteiger partial charge in [-0.1, -0.05) is 27.7 Å². The van der Waals surface area contributed by atoms with Crippen molar-refractivity contribution in [2.75, 3.05) is 13.1 Å². The Morgan fingerprint density at radius 2 is 1.55 bits per heavy atom. The molecule has 2 amide bonds. The number of benzene rings is 2. The third kappa shape index (κ3) is 9.80. The van der Waals surface area contributed by atoms with Gasteiger partial charge in [0.2, 0.25) is 5.91 Å². The third-order valence-electron chi connectivity index (χ3n) is 11.0. The average molecular weight is 796 g/mol. The van der Waals surface area contributed by atoms with Crippen LogP contribution < -0.4 is 0 Å². The van der Waals surface area contributed by atoms with Crippen molar-refractivity contribution in [3.8, 4) is 0 Å². The summed E-state index contributed by atoms with van der Waals surface area (Å²) in [5.41, 5.74) is 1.31. The molecule has 3 heterocycles. The molecule has 2 saturated heterocycles. The fourth-order valence-corrected chi connectivity index (χ4v) is 9.69. The van der Waals surface area contributed by atoms with E-state index in [1.807, 2.05) is 11.8 Å². The highest BCUT2D eigenvalue weighted by Gasteiger charge is 2.58. The second-order valence-corrected chi connectivity index (χ2v) is 22.0. The van der Waals surface area contributed by atoms with Gasteiger partial charge in [0.25, 0.3) is 11.4 Å². The first-order valence-corrected chi connectivity index (χ1v) is 22.1. The van der Waals surface area contributed by atoms with Crippen LogP contribution in [0.1, 0.15) is 65.0 Å². The number of nitrogens with zero attached hydrogens (tertiary/aromatic N) is 5. The van der Waals surface area contributed by atoms with E-state index in [9.17, 15) is 34.6 Å². The number of non-ortho nitro benzene ring substituents is 2. The molecule has 55 heavy (non-hydrogen) atoms. The van der Waals surface area contributed by atoms with Gasteiger partial charge in [0.05, 0.1) is 34.2 Å². The summed E-state index contributed by atoms with van der Waals surface area (Å²) in [5.74, 6) is -1.01. The number of nitro benzene ring substituents is 2. The van der Waals surface area contributed by atoms with Crippen LogP contribution >= 0.6 is 11.8 Å². The normalized spacial score (nSPS) is 21.2. The van der Waals surface area contributed by atoms with Crippen molar-refractivity contribution in [3.63, 3.8) is 0 Å². The van der Waals surface area contributed by atoms with Crippen molar-refractivity contribution in [1.82, 2.24) is 9.80 Å². The summed E-state index contributed by atoms with van der Waals surface area (Å²) in [4.78, 5) is 69.3. The zero-order valence-electron chi connectivity index (χ0n) is 32.3. The van der Waals surface area contributed by atoms with Gasteiger partial charge in [-0.25, -0.2) is 9.59 Å². The lowest BCUT2D eigenvalue weighted by molar-refractivity contribution is -0.385. The van der Waals surface area contributed by atoms with Crippen LogP contribution in [0.2, 0.25) is 18.1 Å². The van der Waals surface area contributed by atoms with Gasteiger partial charge in [-0.3, -0.25) is 25.0 Å². The molecule has 15 nitrogen and oxygen atoms in total. The fourth-order valence-electron chi connectivity index (χ4n) is 6.83. The van der Waals surface area contributed by atoms with Crippen molar-refractivity contribution >= 4 is 55.8 Å². The molecule has 4 unspecified atom stereocenters. The minimum absolute atomic E-state index is 0.0333. The molecule has 2 fully saturated rings. The highest BCUT2D eigenvalue weighted by atomic mass is 32.2. The lowest BCUT2D eigenvalue weighted by atomic mass is 9.83. The maximum Gasteiger partial charge on any atom is 0.435 e. The van der Waals surface area contributed by atoms with Gasteiger partial charge in [-0.2, -0.15) is 4.99 Å². The number of esters is 1. The van der Waals surface area contributed by atoms with E-state index >= 15 is 0 Å². The van der Waals surface area contributed by atoms with Gasteiger partial charge in [0, 0.05) is 53.9 Å². The molecule has 0 bridgehead atoms. The van der Waals surface area contributed by atoms with Gasteiger partial charge in [0.15, 0.2) is 8.32 Å². The number of likely N-dealkylation sites (tertiary alicyclic amines) is 1. The quantitative estimate of drug-likeness (QED) is 0.0348. The number of nitro groups is 2. The second-order valence-electron chi connectivity index (χ2n) is 15.8. The zero-order chi connectivity index (χ0) is 40.2. The lowest BCUT2D eigenvalue weighted by Gasteiger charge is -2.48. The Kier molecular flexibility index (Phi) is 12.9. The van der Waals surface area contributed by atoms with Crippen molar-refractivity contribution in [2.45, 2.75) is 103 Å². The van der Waals surface area contributed by atoms with Crippen LogP contribution in [0.4, 0.5) is 16.2 Å². The van der Waals surface area contributed by atoms with Gasteiger partial charge < -0.3 is 23.7 Å². The number of ether oxygens (including phenoxy) is 2. The van der Waals surface area contributed by atoms with Crippen LogP contribution in [0.25, 0.3) is 0 Å². The fraction of sp³-hybridized carbons (Fsp3) is 0.526. The van der Waals surface area contributed by atoms with Crippen LogP contribution in [-0.4, -0.2) is 82.8 Å². The van der Waals surface area contributed by atoms with E-state index in [4.69, 9.17) is 13.9 Å². The smallest absolute Gasteiger partial charge is 0.435 e. The molecule has 2 aromatic carbocycles. The molecular weight excluding hydrogens is 747 g/mol. The predicted molar refractivity (Wildman–Crippen MR) is 210 cm³/mol. The van der Waals surface area contributed by atoms with Crippen LogP contribution in [0.3, 0.4) is 0 Å². The Morgan fingerprint density at radius 1 is 0.982 bits per heavy atom. The molecule has 2 aromatic rings. The van der Waals surface area contributed by atoms with Gasteiger partial charge >= 0.3 is 12.1 Å². The molecule has 0 aliphatic carbocycles. The third-order valence-corrected chi connectivity index (χ3v) is 17.0. The Hall–Kier alpha value is -4.61. The van der Waals surface area contributed by atoms with Crippen molar-refractivity contribution in [2.24, 2.45) is 16.8 Å². The van der Waals surface area contributed by atoms with Crippen LogP contribution in [-0.2, 0) is 36.7 Å². The molecule has 3 aliphatic rings. The number of thioether (sulfide) groups is 1. The SMILES string of the molecule is CC(O[Si](C)(C)C(C)(C)C)C1C(=O)N2C(C(=O)OCc3ccc([N+](=O)[O-])cc3)=C(SC(C)C3CCCN(C=NC(=O)OCc4ccc([N+](=O)[O-])cc4)C3)C[C@H]12. The van der Waals surface area contributed by atoms with E-state index in [0.29, 0.717) is 30.6 Å². The minimum atomic E-state index is -2.19. The molecule has 3 aliphatic heterocycles. The number of hydrogen-bond donors (Lipinski definition) is 0. The van der Waals surface area contributed by atoms with Crippen LogP contribution in [0.5, 0.6) is 0 Å². The predicted octanol–water partition coefficient (Wildman–Crippen LogP) is 7.60. The largest absolute Gasteiger partial charge is 0.456 e. The number of carbonyl (C=O) groups excluding carboxylic acids is 3. The standard InChI is InChI=1S/C38H49N5O10SSi/c1-24(53-55(6,7)38(3,4)5)33-31-19-32(34(41(31)35(33)44)36(45)51-21-26-10-14-29(15-11-26)42(47)48)54-25(2)28-9-8-18-40(20-28)23-39-37(46)52-22-27-12-16-30(17-13-27)43(49)50/h10-17,23-25,28,31,33H,8-9,18-22H2,1-7H3/t24?,25?,28?,31-,33?/m1/s1. The first-order chi connectivity index (χ1) is 25.9. The number of carbonyl (C=O) groups is 3. The molecule has 5 atom stereocenters. The van der Waals surface area contributed by atoms with Gasteiger partial charge in [-0.15, -0.1) is 11.8 Å². The topological polar surface area (TPSA) is 184 Å². The van der Waals surface area contributed by atoms with E-state index in [2.05, 4.69) is 45.8 Å². The number of fused-ring (bicyclic) bond motifs is 1. The molecule has 0 saturated carbocycles. The Bertz CT molecular complexity index is 1850. The summed E-state index contributed by atoms with van der Waals surface area (Å²) in [5, 5.41) is 22.0. The summed E-state index contributed by atoms with van der Waals surface area (Å²) in [6.07, 6.45) is 2.66. The molecule has 0 spiro atoms. The first-order valence-electron chi connectivity index (χ1n) is 18.4. The van der Waals surface area contributed by atoms with E-state index in [-0.39, 0.29) is 64.5 Å². The number of rotatable bonds is 14. The van der Waals surface area contributed by atoms with Gasteiger partial charge in [-0.05, 0) is 79.2 Å². The second kappa shape index (κ2) is 17.0. The Morgan fingerprint density at radius 3 is 2.09 bits per heavy atom. The van der Waals surface area contributed by atoms with Crippen molar-refractivity contribution in [3.05, 3.63) is 90.5 Å². The summed E-state index contributed by atoms with van der Waals surface area (Å²) < 4.78 is 17.6. The summed E-state index contributed by atoms with van der Waals surface area (Å²) in [7, 11) is -2.19. The highest BCUT2D eigenvalue weighted by molar-refractivity contribution is 8.03. The van der Waals surface area contributed by atoms with E-state index < -0.39 is 36.1 Å². The maximum absolute atomic E-state index is 13.8. The molecular formula is C38H49N5O10SSi. The summed E-state index contributed by atoms with van der Waals surface area (Å²) >= 11 is 1.57. The Balaban J connectivity index is 1.25. The molecule has 17 heteroatoms. The number of aliphatic imine (C=N–C) groups is 1. The average Bonchev–Trinajstić information content (AvgIpc) is 3.45. The summed E-state index contributed by atoms with van der Waals surface area (Å²) in [6.45, 7) is 16.0. The number of piperidine rings is 1. The monoisotopic (exact) mass is 795 g/mol. The molecule has 0 aromatic heterocycles. The van der Waals surface area contributed by atoms with Crippen LogP contribution in [0.15, 0.2) is 64.1 Å². The molecule has 0 radical (unpaired) electrons. The lowest BCUT2D eigenvalue weighted by Crippen LogP contribution is -2.63. The minimum Gasteiger partial charge on any atom is -0.456 e. The highest BCUT2D eigenvalue weighted by Crippen LogP contribution is 2.50. The summed E-state index contributed by atoms with van der Waals surface area (Å²) in [6, 6.07) is 11.3. The van der Waals surface area contributed by atoms with Crippen molar-refractivity contribution in [1.29, 1.82) is 0 Å². The maximum atomic E-state index is 13.8. The Labute approximate surface area is 325 Å². The van der Waals surface area contributed by atoms with Crippen molar-refractivity contribution < 1.29 is 38.1 Å². The molecule has 5 rings (SSSR count). The van der Waals surface area contributed by atoms with E-state index in [0.717, 1.165) is 17.7 Å². The van der Waals surface area contributed by atoms with Gasteiger partial charge in [0.1, 0.15) is 18.9 Å². The number of hydrogen-bond acceptors (Lipinski definition) is 11. The number of amides is 2. The number of β-lactam (4-membered cyclic amide) rings is 1. The first kappa shape index (κ1) is 41.5. The van der Waals surface area contributed by atoms with E-state index in [1.165, 1.54) is 54.9 Å².